The van der Waals surface area contributed by atoms with E-state index in [0.717, 1.165) is 22.7 Å². The van der Waals surface area contributed by atoms with Crippen LogP contribution in [0.25, 0.3) is 31.3 Å². The highest BCUT2D eigenvalue weighted by Crippen LogP contribution is 2.54. The predicted molar refractivity (Wildman–Crippen MR) is 356 cm³/mol. The fraction of sp³-hybridized carbons (Fsp3) is 0.289. The number of benzene rings is 9. The molecule has 9 aromatic carbocycles. The van der Waals surface area contributed by atoms with E-state index in [1.807, 2.05) is 11.3 Å². The van der Waals surface area contributed by atoms with Crippen molar-refractivity contribution in [3.05, 3.63) is 215 Å². The number of anilines is 9. The molecule has 0 saturated heterocycles. The molecule has 3 heterocycles. The van der Waals surface area contributed by atoms with Crippen LogP contribution in [0.1, 0.15) is 143 Å². The number of rotatable bonds is 6. The van der Waals surface area contributed by atoms with Crippen LogP contribution in [0.4, 0.5) is 51.2 Å². The topological polar surface area (TPSA) is 9.72 Å². The van der Waals surface area contributed by atoms with E-state index in [0.29, 0.717) is 0 Å². The molecule has 0 bridgehead atoms. The summed E-state index contributed by atoms with van der Waals surface area (Å²) in [6.45, 7) is 39.2. The van der Waals surface area contributed by atoms with Crippen LogP contribution in [-0.4, -0.2) is 6.71 Å². The third-order valence-corrected chi connectivity index (χ3v) is 18.5. The van der Waals surface area contributed by atoms with E-state index in [-0.39, 0.29) is 33.8 Å². The SMILES string of the molecule is Cc1cc(C)cc(-c2cc3c4c(c2)N(c2ccc(C(C)(C)C)cc2)c2c(cc(N(c5ccc(C(C)(C)C)cc5)c5ccc(C(C)(C)C)cc5)c5sc6ccccc6c25)B4c2cc(C(C)(C)C)ccc2N3c2ccc(C(C)(C)C)cc2)c1. The molecule has 0 saturated carbocycles. The van der Waals surface area contributed by atoms with Gasteiger partial charge in [-0.25, -0.2) is 0 Å². The third-order valence-electron chi connectivity index (χ3n) is 17.3. The average molecular weight is 1080 g/mol. The van der Waals surface area contributed by atoms with Gasteiger partial charge in [0.15, 0.2) is 0 Å². The molecule has 2 aliphatic rings. The van der Waals surface area contributed by atoms with E-state index in [9.17, 15) is 0 Å². The van der Waals surface area contributed by atoms with Gasteiger partial charge in [0.1, 0.15) is 0 Å². The van der Waals surface area contributed by atoms with Crippen molar-refractivity contribution in [2.45, 2.75) is 145 Å². The van der Waals surface area contributed by atoms with E-state index in [4.69, 9.17) is 0 Å². The number of aryl methyl sites for hydroxylation is 2. The maximum atomic E-state index is 2.68. The molecule has 0 N–H and O–H groups in total. The van der Waals surface area contributed by atoms with E-state index in [1.165, 1.54) is 115 Å². The van der Waals surface area contributed by atoms with Crippen molar-refractivity contribution in [3.8, 4) is 11.1 Å². The molecule has 0 aliphatic carbocycles. The highest BCUT2D eigenvalue weighted by Gasteiger charge is 2.46. The lowest BCUT2D eigenvalue weighted by atomic mass is 9.33. The van der Waals surface area contributed by atoms with E-state index >= 15 is 0 Å². The van der Waals surface area contributed by atoms with Crippen molar-refractivity contribution >= 4 is 106 Å². The van der Waals surface area contributed by atoms with Crippen LogP contribution in [0.3, 0.4) is 0 Å². The molecular weight excluding hydrogens is 998 g/mol. The Morgan fingerprint density at radius 3 is 1.32 bits per heavy atom. The molecule has 0 amide bonds. The Balaban J connectivity index is 1.26. The van der Waals surface area contributed by atoms with Gasteiger partial charge in [-0.1, -0.05) is 212 Å². The van der Waals surface area contributed by atoms with Gasteiger partial charge < -0.3 is 14.7 Å². The van der Waals surface area contributed by atoms with Crippen molar-refractivity contribution in [1.82, 2.24) is 0 Å². The first-order valence-electron chi connectivity index (χ1n) is 29.4. The Morgan fingerprint density at radius 2 is 0.827 bits per heavy atom. The minimum atomic E-state index is -0.138. The molecule has 2 aliphatic heterocycles. The van der Waals surface area contributed by atoms with Gasteiger partial charge in [-0.2, -0.15) is 0 Å². The van der Waals surface area contributed by atoms with Gasteiger partial charge in [-0.05, 0) is 175 Å². The normalized spacial score (nSPS) is 13.7. The maximum absolute atomic E-state index is 2.68. The lowest BCUT2D eigenvalue weighted by Crippen LogP contribution is -2.61. The maximum Gasteiger partial charge on any atom is 0.252 e. The molecule has 1 aromatic heterocycles. The van der Waals surface area contributed by atoms with Gasteiger partial charge in [-0.15, -0.1) is 11.3 Å². The second-order valence-corrected chi connectivity index (χ2v) is 29.6. The third kappa shape index (κ3) is 9.58. The summed E-state index contributed by atoms with van der Waals surface area (Å²) in [5.74, 6) is 0. The lowest BCUT2D eigenvalue weighted by molar-refractivity contribution is 0.590. The summed E-state index contributed by atoms with van der Waals surface area (Å²) < 4.78 is 2.54. The number of thiophene rings is 1. The zero-order valence-corrected chi connectivity index (χ0v) is 51.9. The standard InChI is InChI=1S/C76H80BN3S/c1-47-40-48(2)42-49(41-47)50-43-64-69-65(44-50)80(59-37-28-54(29-38-59)75(12,13)14)70-62(77(69)61-45-55(76(15,16)17)30-39-63(61)79(64)58-35-26-53(27-36-58)74(9,10)11)46-66(71-68(70)60-20-18-19-21-67(60)81-71)78(56-31-22-51(23-32-56)72(3,4)5)57-33-24-52(25-34-57)73(6,7)8/h18-46H,1-17H3. The molecule has 10 aromatic rings. The minimum absolute atomic E-state index is 0.00273. The Morgan fingerprint density at radius 1 is 0.395 bits per heavy atom. The number of hydrogen-bond acceptors (Lipinski definition) is 4. The predicted octanol–water partition coefficient (Wildman–Crippen LogP) is 20.4. The first-order chi connectivity index (χ1) is 38.1. The van der Waals surface area contributed by atoms with Gasteiger partial charge >= 0.3 is 0 Å². The van der Waals surface area contributed by atoms with Crippen LogP contribution < -0.4 is 31.1 Å². The Kier molecular flexibility index (Phi) is 12.8. The monoisotopic (exact) mass is 1080 g/mol. The largest absolute Gasteiger partial charge is 0.311 e. The molecule has 0 atom stereocenters. The summed E-state index contributed by atoms with van der Waals surface area (Å²) in [5.41, 5.74) is 26.0. The first kappa shape index (κ1) is 54.3. The Hall–Kier alpha value is -7.34. The van der Waals surface area contributed by atoms with Crippen molar-refractivity contribution in [3.63, 3.8) is 0 Å². The van der Waals surface area contributed by atoms with Crippen molar-refractivity contribution in [2.75, 3.05) is 14.7 Å². The van der Waals surface area contributed by atoms with Gasteiger partial charge in [0.25, 0.3) is 6.71 Å². The summed E-state index contributed by atoms with van der Waals surface area (Å²) in [5, 5.41) is 2.55. The van der Waals surface area contributed by atoms with E-state index < -0.39 is 0 Å². The zero-order chi connectivity index (χ0) is 57.5. The Bertz CT molecular complexity index is 3990. The summed E-state index contributed by atoms with van der Waals surface area (Å²) in [6, 6.07) is 69.1. The molecule has 0 radical (unpaired) electrons. The molecule has 12 rings (SSSR count). The summed E-state index contributed by atoms with van der Waals surface area (Å²) in [7, 11) is 0. The Labute approximate surface area is 488 Å². The van der Waals surface area contributed by atoms with E-state index in [2.05, 4.69) is 308 Å². The zero-order valence-electron chi connectivity index (χ0n) is 51.1. The van der Waals surface area contributed by atoms with Crippen LogP contribution in [0.5, 0.6) is 0 Å². The average Bonchev–Trinajstić information content (AvgIpc) is 2.00. The van der Waals surface area contributed by atoms with Crippen LogP contribution in [0, 0.1) is 13.8 Å². The summed E-state index contributed by atoms with van der Waals surface area (Å²) in [4.78, 5) is 7.84. The van der Waals surface area contributed by atoms with Gasteiger partial charge in [0.05, 0.1) is 16.1 Å². The second kappa shape index (κ2) is 19.1. The van der Waals surface area contributed by atoms with Crippen LogP contribution >= 0.6 is 11.3 Å². The van der Waals surface area contributed by atoms with Gasteiger partial charge in [0.2, 0.25) is 0 Å². The fourth-order valence-corrected chi connectivity index (χ4v) is 13.9. The van der Waals surface area contributed by atoms with Gasteiger partial charge in [-0.3, -0.25) is 0 Å². The van der Waals surface area contributed by atoms with Crippen molar-refractivity contribution < 1.29 is 0 Å². The molecule has 0 spiro atoms. The number of fused-ring (bicyclic) bond motifs is 8. The number of hydrogen-bond donors (Lipinski definition) is 0. The molecule has 0 unspecified atom stereocenters. The number of nitrogens with zero attached hydrogens (tertiary/aromatic N) is 3. The van der Waals surface area contributed by atoms with Gasteiger partial charge in [0, 0.05) is 55.3 Å². The lowest BCUT2D eigenvalue weighted by Gasteiger charge is -2.45. The summed E-state index contributed by atoms with van der Waals surface area (Å²) in [6.07, 6.45) is 0. The fourth-order valence-electron chi connectivity index (χ4n) is 12.7. The van der Waals surface area contributed by atoms with Crippen LogP contribution in [0.2, 0.25) is 0 Å². The first-order valence-corrected chi connectivity index (χ1v) is 30.2. The summed E-state index contributed by atoms with van der Waals surface area (Å²) >= 11 is 1.92. The highest BCUT2D eigenvalue weighted by atomic mass is 32.1. The van der Waals surface area contributed by atoms with Crippen LogP contribution in [-0.2, 0) is 27.1 Å². The molecule has 81 heavy (non-hydrogen) atoms. The van der Waals surface area contributed by atoms with E-state index in [1.54, 1.807) is 0 Å². The molecule has 3 nitrogen and oxygen atoms in total. The highest BCUT2D eigenvalue weighted by molar-refractivity contribution is 7.26. The molecule has 5 heteroatoms. The van der Waals surface area contributed by atoms with Crippen LogP contribution in [0.15, 0.2) is 176 Å². The smallest absolute Gasteiger partial charge is 0.252 e. The quantitative estimate of drug-likeness (QED) is 0.154. The minimum Gasteiger partial charge on any atom is -0.311 e. The molecule has 408 valence electrons. The van der Waals surface area contributed by atoms with Crippen molar-refractivity contribution in [2.24, 2.45) is 0 Å². The second-order valence-electron chi connectivity index (χ2n) is 28.6. The molecule has 0 fully saturated rings. The van der Waals surface area contributed by atoms with Crippen molar-refractivity contribution in [1.29, 1.82) is 0 Å². The molecular formula is C76H80BN3S.